The molecule has 6 aliphatic heterocycles. The minimum Gasteiger partial charge on any atom is -0.461 e. The maximum Gasteiger partial charge on any atom is 0.319 e. The molecule has 4 fully saturated rings. The number of aromatic nitrogens is 3. The molecule has 8 heterocycles. The highest BCUT2D eigenvalue weighted by atomic mass is 35.5. The monoisotopic (exact) mass is 622 g/mol. The molecule has 1 aromatic carbocycles. The van der Waals surface area contributed by atoms with Crippen LogP contribution < -0.4 is 9.64 Å². The zero-order chi connectivity index (χ0) is 30.0. The first-order valence-electron chi connectivity index (χ1n) is 16.1. The van der Waals surface area contributed by atoms with Crippen LogP contribution in [0.5, 0.6) is 6.01 Å². The Morgan fingerprint density at radius 3 is 2.84 bits per heavy atom. The Labute approximate surface area is 260 Å². The molecule has 4 saturated heterocycles. The Morgan fingerprint density at radius 1 is 1.07 bits per heavy atom. The number of ether oxygens (including phenoxy) is 1. The van der Waals surface area contributed by atoms with Crippen molar-refractivity contribution in [3.05, 3.63) is 40.8 Å². The molecule has 3 aromatic rings. The summed E-state index contributed by atoms with van der Waals surface area (Å²) in [5.41, 5.74) is 1.39. The molecule has 44 heavy (non-hydrogen) atoms. The minimum absolute atomic E-state index is 0.0803. The number of hydrogen-bond donors (Lipinski definition) is 0. The summed E-state index contributed by atoms with van der Waals surface area (Å²) in [7, 11) is 0. The second kappa shape index (κ2) is 11.1. The number of carbonyl (C=O) groups is 1. The fourth-order valence-corrected chi connectivity index (χ4v) is 8.83. The second-order valence-corrected chi connectivity index (χ2v) is 13.7. The van der Waals surface area contributed by atoms with Gasteiger partial charge in [0.05, 0.1) is 17.0 Å². The third kappa shape index (κ3) is 4.71. The fourth-order valence-electron chi connectivity index (χ4n) is 8.56. The number of carbonyl (C=O) groups excluding carboxylic acids is 1. The summed E-state index contributed by atoms with van der Waals surface area (Å²) in [5, 5.41) is 1.06. The highest BCUT2D eigenvalue weighted by molar-refractivity contribution is 6.31. The van der Waals surface area contributed by atoms with E-state index in [0.717, 1.165) is 63.7 Å². The highest BCUT2D eigenvalue weighted by Crippen LogP contribution is 2.42. The van der Waals surface area contributed by atoms with Crippen LogP contribution in [0, 0.1) is 11.7 Å². The Bertz CT molecular complexity index is 1620. The number of nitrogens with zero attached hydrogens (tertiary/aromatic N) is 6. The number of hydrogen-bond acceptors (Lipinski definition) is 7. The SMILES string of the molecule is O=C1CCCCc2c(Cl)cccc2-c2ncc3c(nc(OC[C@@]45CCCN4C[C@H](F)C5)nc3c2F)N2CCC3CCN1[C@H]3C2. The number of halogens is 3. The first kappa shape index (κ1) is 28.4. The molecule has 2 aromatic heterocycles. The summed E-state index contributed by atoms with van der Waals surface area (Å²) in [6, 6.07) is 5.62. The first-order chi connectivity index (χ1) is 21.4. The molecule has 6 aliphatic rings. The van der Waals surface area contributed by atoms with Crippen molar-refractivity contribution >= 4 is 34.2 Å². The largest absolute Gasteiger partial charge is 0.461 e. The van der Waals surface area contributed by atoms with E-state index in [1.165, 1.54) is 0 Å². The average Bonchev–Trinajstić information content (AvgIpc) is 3.70. The van der Waals surface area contributed by atoms with Gasteiger partial charge in [0, 0.05) is 55.8 Å². The van der Waals surface area contributed by atoms with Gasteiger partial charge in [0.1, 0.15) is 29.8 Å². The van der Waals surface area contributed by atoms with E-state index in [2.05, 4.69) is 24.7 Å². The number of rotatable bonds is 3. The van der Waals surface area contributed by atoms with Crippen molar-refractivity contribution in [1.29, 1.82) is 0 Å². The first-order valence-corrected chi connectivity index (χ1v) is 16.5. The van der Waals surface area contributed by atoms with E-state index in [-0.39, 0.29) is 41.3 Å². The van der Waals surface area contributed by atoms with Crippen LogP contribution in [0.2, 0.25) is 5.02 Å². The molecule has 0 saturated carbocycles. The van der Waals surface area contributed by atoms with Gasteiger partial charge in [-0.05, 0) is 69.0 Å². The van der Waals surface area contributed by atoms with E-state index >= 15 is 4.39 Å². The normalized spacial score (nSPS) is 28.7. The van der Waals surface area contributed by atoms with E-state index in [9.17, 15) is 9.18 Å². The van der Waals surface area contributed by atoms with Gasteiger partial charge in [0.15, 0.2) is 5.82 Å². The second-order valence-electron chi connectivity index (χ2n) is 13.3. The van der Waals surface area contributed by atoms with Crippen LogP contribution in [0.3, 0.4) is 0 Å². The smallest absolute Gasteiger partial charge is 0.319 e. The van der Waals surface area contributed by atoms with E-state index in [1.807, 2.05) is 12.1 Å². The molecule has 1 amide bonds. The third-order valence-electron chi connectivity index (χ3n) is 10.8. The fraction of sp³-hybridized carbons (Fsp3) is 0.576. The van der Waals surface area contributed by atoms with Gasteiger partial charge in [-0.3, -0.25) is 14.7 Å². The Kier molecular flexibility index (Phi) is 7.12. The van der Waals surface area contributed by atoms with Crippen molar-refractivity contribution in [3.63, 3.8) is 0 Å². The zero-order valence-electron chi connectivity index (χ0n) is 24.8. The number of amides is 1. The average molecular weight is 623 g/mol. The third-order valence-corrected chi connectivity index (χ3v) is 11.2. The number of pyridine rings is 1. The van der Waals surface area contributed by atoms with Gasteiger partial charge >= 0.3 is 6.01 Å². The lowest BCUT2D eigenvalue weighted by Crippen LogP contribution is -2.50. The van der Waals surface area contributed by atoms with E-state index in [0.29, 0.717) is 60.1 Å². The number of piperidine rings is 1. The van der Waals surface area contributed by atoms with Crippen molar-refractivity contribution in [2.24, 2.45) is 5.92 Å². The summed E-state index contributed by atoms with van der Waals surface area (Å²) in [4.78, 5) is 34.0. The van der Waals surface area contributed by atoms with Gasteiger partial charge in [0.2, 0.25) is 5.91 Å². The van der Waals surface area contributed by atoms with Crippen molar-refractivity contribution in [1.82, 2.24) is 24.8 Å². The van der Waals surface area contributed by atoms with E-state index in [4.69, 9.17) is 21.3 Å². The highest BCUT2D eigenvalue weighted by Gasteiger charge is 2.49. The Hall–Kier alpha value is -3.11. The lowest BCUT2D eigenvalue weighted by atomic mass is 9.91. The Morgan fingerprint density at radius 2 is 1.93 bits per heavy atom. The summed E-state index contributed by atoms with van der Waals surface area (Å²) >= 11 is 6.67. The number of fused-ring (bicyclic) bond motifs is 6. The van der Waals surface area contributed by atoms with Crippen molar-refractivity contribution in [3.8, 4) is 17.3 Å². The number of benzene rings is 1. The summed E-state index contributed by atoms with van der Waals surface area (Å²) in [6.07, 6.45) is 7.57. The van der Waals surface area contributed by atoms with Gasteiger partial charge in [-0.15, -0.1) is 0 Å². The molecule has 0 aliphatic carbocycles. The van der Waals surface area contributed by atoms with Gasteiger partial charge in [-0.1, -0.05) is 23.7 Å². The zero-order valence-corrected chi connectivity index (χ0v) is 25.5. The van der Waals surface area contributed by atoms with E-state index in [1.54, 1.807) is 12.3 Å². The van der Waals surface area contributed by atoms with Crippen LogP contribution in [0.25, 0.3) is 22.2 Å². The maximum absolute atomic E-state index is 16.7. The molecule has 0 spiro atoms. The van der Waals surface area contributed by atoms with Gasteiger partial charge in [0.25, 0.3) is 0 Å². The molecule has 0 N–H and O–H groups in total. The van der Waals surface area contributed by atoms with Crippen molar-refractivity contribution < 1.29 is 18.3 Å². The predicted molar refractivity (Wildman–Crippen MR) is 164 cm³/mol. The molecule has 232 valence electrons. The van der Waals surface area contributed by atoms with Crippen LogP contribution in [0.1, 0.15) is 56.9 Å². The lowest BCUT2D eigenvalue weighted by molar-refractivity contribution is -0.132. The number of anilines is 1. The molecule has 4 atom stereocenters. The van der Waals surface area contributed by atoms with Crippen LogP contribution in [-0.2, 0) is 11.2 Å². The van der Waals surface area contributed by atoms with Gasteiger partial charge in [-0.2, -0.15) is 9.97 Å². The summed E-state index contributed by atoms with van der Waals surface area (Å²) < 4.78 is 37.4. The number of alkyl halides is 1. The standard InChI is InChI=1S/C33H37ClF2N6O2/c34-25-7-3-6-23-22(25)5-1-2-8-27(43)42-14-10-20-9-13-40(18-26(20)42)31-24-16-37-29(23)28(36)30(24)38-32(39-31)44-19-33-11-4-12-41(33)17-21(35)15-33/h3,6-7,16,20-21,26H,1-2,4-5,8-15,17-19H2/t20?,21-,26+,33+/m1/s1. The molecule has 9 rings (SSSR count). The van der Waals surface area contributed by atoms with E-state index < -0.39 is 12.0 Å². The topological polar surface area (TPSA) is 74.7 Å². The van der Waals surface area contributed by atoms with Crippen LogP contribution >= 0.6 is 11.6 Å². The quantitative estimate of drug-likeness (QED) is 0.377. The van der Waals surface area contributed by atoms with Gasteiger partial charge < -0.3 is 14.5 Å². The van der Waals surface area contributed by atoms with Crippen LogP contribution in [0.15, 0.2) is 24.4 Å². The predicted octanol–water partition coefficient (Wildman–Crippen LogP) is 5.59. The van der Waals surface area contributed by atoms with Crippen molar-refractivity contribution in [2.45, 2.75) is 75.5 Å². The summed E-state index contributed by atoms with van der Waals surface area (Å²) in [6.45, 7) is 3.64. The van der Waals surface area contributed by atoms with Gasteiger partial charge in [-0.25, -0.2) is 8.78 Å². The molecular formula is C33H37ClF2N6O2. The van der Waals surface area contributed by atoms with Crippen LogP contribution in [-0.4, -0.2) is 87.7 Å². The summed E-state index contributed by atoms with van der Waals surface area (Å²) in [5.74, 6) is 0.662. The van der Waals surface area contributed by atoms with Crippen LogP contribution in [0.4, 0.5) is 14.6 Å². The molecular weight excluding hydrogens is 586 g/mol. The molecule has 0 radical (unpaired) electrons. The maximum atomic E-state index is 16.7. The molecule has 11 heteroatoms. The molecule has 1 unspecified atom stereocenters. The van der Waals surface area contributed by atoms with Crippen molar-refractivity contribution in [2.75, 3.05) is 44.2 Å². The Balaban J connectivity index is 1.25. The minimum atomic E-state index is -0.879. The molecule has 6 bridgehead atoms. The lowest BCUT2D eigenvalue weighted by Gasteiger charge is -2.39. The molecule has 8 nitrogen and oxygen atoms in total.